The van der Waals surface area contributed by atoms with Gasteiger partial charge < -0.3 is 10.2 Å². The number of hydrogen-bond acceptors (Lipinski definition) is 4. The van der Waals surface area contributed by atoms with Crippen LogP contribution in [0.1, 0.15) is 28.9 Å². The lowest BCUT2D eigenvalue weighted by Crippen LogP contribution is -2.48. The highest BCUT2D eigenvalue weighted by Crippen LogP contribution is 2.34. The Morgan fingerprint density at radius 3 is 2.81 bits per heavy atom. The molecule has 0 radical (unpaired) electrons. The molecule has 6 nitrogen and oxygen atoms in total. The number of anilines is 1. The summed E-state index contributed by atoms with van der Waals surface area (Å²) in [5, 5.41) is 6.92. The monoisotopic (exact) mass is 431 g/mol. The molecule has 3 rings (SSSR count). The molecule has 1 aliphatic rings. The van der Waals surface area contributed by atoms with Crippen LogP contribution in [0.3, 0.4) is 0 Å². The summed E-state index contributed by atoms with van der Waals surface area (Å²) in [7, 11) is 1.69. The number of alkyl halides is 3. The van der Waals surface area contributed by atoms with E-state index in [0.29, 0.717) is 24.6 Å². The Bertz CT molecular complexity index is 807. The van der Waals surface area contributed by atoms with Gasteiger partial charge >= 0.3 is 6.18 Å². The minimum Gasteiger partial charge on any atom is -0.354 e. The highest BCUT2D eigenvalue weighted by Gasteiger charge is 2.32. The van der Waals surface area contributed by atoms with Crippen LogP contribution in [0.2, 0.25) is 0 Å². The molecule has 3 heterocycles. The molecule has 1 unspecified atom stereocenters. The second-order valence-corrected chi connectivity index (χ2v) is 6.98. The molecule has 1 amide bonds. The minimum absolute atomic E-state index is 0.123. The summed E-state index contributed by atoms with van der Waals surface area (Å²) >= 11 is 3.18. The molecule has 0 spiro atoms. The normalized spacial score (nSPS) is 18.0. The van der Waals surface area contributed by atoms with Crippen molar-refractivity contribution >= 4 is 27.7 Å². The molecule has 2 aromatic rings. The van der Waals surface area contributed by atoms with Crippen LogP contribution in [-0.2, 0) is 13.2 Å². The van der Waals surface area contributed by atoms with E-state index in [-0.39, 0.29) is 16.4 Å². The van der Waals surface area contributed by atoms with Gasteiger partial charge in [0.15, 0.2) is 0 Å². The highest BCUT2D eigenvalue weighted by molar-refractivity contribution is 9.10. The van der Waals surface area contributed by atoms with Crippen molar-refractivity contribution in [1.82, 2.24) is 20.1 Å². The van der Waals surface area contributed by atoms with Gasteiger partial charge in [0, 0.05) is 38.6 Å². The topological polar surface area (TPSA) is 63.1 Å². The van der Waals surface area contributed by atoms with Gasteiger partial charge in [-0.15, -0.1) is 0 Å². The molecule has 0 bridgehead atoms. The zero-order chi connectivity index (χ0) is 18.9. The molecular formula is C16H17BrF3N5O. The number of hydrogen-bond donors (Lipinski definition) is 1. The number of aromatic nitrogens is 3. The molecule has 0 aromatic carbocycles. The molecule has 1 N–H and O–H groups in total. The lowest BCUT2D eigenvalue weighted by molar-refractivity contribution is -0.137. The van der Waals surface area contributed by atoms with Gasteiger partial charge in [-0.2, -0.15) is 18.3 Å². The van der Waals surface area contributed by atoms with Gasteiger partial charge in [0.05, 0.1) is 10.0 Å². The van der Waals surface area contributed by atoms with Crippen molar-refractivity contribution in [2.24, 2.45) is 7.05 Å². The van der Waals surface area contributed by atoms with E-state index >= 15 is 0 Å². The van der Waals surface area contributed by atoms with Crippen molar-refractivity contribution < 1.29 is 18.0 Å². The van der Waals surface area contributed by atoms with Gasteiger partial charge in [0.25, 0.3) is 5.91 Å². The van der Waals surface area contributed by atoms with E-state index in [0.717, 1.165) is 25.1 Å². The third-order valence-corrected chi connectivity index (χ3v) is 4.84. The molecule has 0 aliphatic carbocycles. The van der Waals surface area contributed by atoms with Crippen LogP contribution in [0.15, 0.2) is 29.0 Å². The first-order valence-electron chi connectivity index (χ1n) is 8.02. The van der Waals surface area contributed by atoms with Crippen molar-refractivity contribution in [2.75, 3.05) is 18.0 Å². The van der Waals surface area contributed by atoms with E-state index in [2.05, 4.69) is 31.3 Å². The van der Waals surface area contributed by atoms with E-state index in [1.54, 1.807) is 19.3 Å². The van der Waals surface area contributed by atoms with Crippen molar-refractivity contribution in [3.05, 3.63) is 40.3 Å². The van der Waals surface area contributed by atoms with Gasteiger partial charge in [-0.05, 0) is 40.9 Å². The summed E-state index contributed by atoms with van der Waals surface area (Å²) < 4.78 is 40.1. The van der Waals surface area contributed by atoms with E-state index < -0.39 is 11.7 Å². The minimum atomic E-state index is -4.43. The molecule has 140 valence electrons. The van der Waals surface area contributed by atoms with Crippen molar-refractivity contribution in [3.63, 3.8) is 0 Å². The number of nitrogens with zero attached hydrogens (tertiary/aromatic N) is 4. The maximum atomic E-state index is 12.8. The number of rotatable bonds is 3. The number of halogens is 4. The van der Waals surface area contributed by atoms with Gasteiger partial charge in [-0.3, -0.25) is 9.48 Å². The van der Waals surface area contributed by atoms with Crippen LogP contribution in [0.25, 0.3) is 0 Å². The molecule has 0 saturated carbocycles. The van der Waals surface area contributed by atoms with E-state index in [4.69, 9.17) is 0 Å². The van der Waals surface area contributed by atoms with Crippen molar-refractivity contribution in [1.29, 1.82) is 0 Å². The number of amides is 1. The third kappa shape index (κ3) is 4.00. The number of aryl methyl sites for hydroxylation is 1. The van der Waals surface area contributed by atoms with Crippen molar-refractivity contribution in [3.8, 4) is 0 Å². The first-order valence-corrected chi connectivity index (χ1v) is 8.81. The summed E-state index contributed by atoms with van der Waals surface area (Å²) in [4.78, 5) is 18.2. The fourth-order valence-corrected chi connectivity index (χ4v) is 3.56. The lowest BCUT2D eigenvalue weighted by Gasteiger charge is -2.34. The first kappa shape index (κ1) is 18.7. The van der Waals surface area contributed by atoms with E-state index in [1.165, 1.54) is 4.68 Å². The Labute approximate surface area is 156 Å². The second-order valence-electron chi connectivity index (χ2n) is 6.13. The fourth-order valence-electron chi connectivity index (χ4n) is 2.96. The summed E-state index contributed by atoms with van der Waals surface area (Å²) in [6.07, 6.45) is -0.470. The molecule has 1 fully saturated rings. The third-order valence-electron chi connectivity index (χ3n) is 4.26. The van der Waals surface area contributed by atoms with Gasteiger partial charge in [-0.1, -0.05) is 0 Å². The maximum Gasteiger partial charge on any atom is 0.417 e. The SMILES string of the molecule is Cn1nccc1C(=O)NC1CCCN(c2ncc(C(F)(F)F)cc2Br)C1. The van der Waals surface area contributed by atoms with E-state index in [1.807, 2.05) is 4.90 Å². The van der Waals surface area contributed by atoms with Crippen LogP contribution < -0.4 is 10.2 Å². The first-order chi connectivity index (χ1) is 12.3. The number of nitrogens with one attached hydrogen (secondary N) is 1. The Hall–Kier alpha value is -2.10. The Kier molecular flexibility index (Phi) is 5.22. The van der Waals surface area contributed by atoms with Crippen LogP contribution in [0.4, 0.5) is 19.0 Å². The Balaban J connectivity index is 1.71. The highest BCUT2D eigenvalue weighted by atomic mass is 79.9. The lowest BCUT2D eigenvalue weighted by atomic mass is 10.1. The van der Waals surface area contributed by atoms with Gasteiger partial charge in [0.2, 0.25) is 0 Å². The molecule has 1 aliphatic heterocycles. The molecule has 26 heavy (non-hydrogen) atoms. The summed E-state index contributed by atoms with van der Waals surface area (Å²) in [5.41, 5.74) is -0.345. The second kappa shape index (κ2) is 7.26. The van der Waals surface area contributed by atoms with Crippen LogP contribution in [0.5, 0.6) is 0 Å². The predicted octanol–water partition coefficient (Wildman–Crippen LogP) is 3.00. The number of carbonyl (C=O) groups excluding carboxylic acids is 1. The van der Waals surface area contributed by atoms with Crippen LogP contribution >= 0.6 is 15.9 Å². The zero-order valence-electron chi connectivity index (χ0n) is 13.9. The quantitative estimate of drug-likeness (QED) is 0.811. The van der Waals surface area contributed by atoms with Crippen LogP contribution in [-0.4, -0.2) is 39.8 Å². The summed E-state index contributed by atoms with van der Waals surface area (Å²) in [6.45, 7) is 1.13. The van der Waals surface area contributed by atoms with E-state index in [9.17, 15) is 18.0 Å². The fraction of sp³-hybridized carbons (Fsp3) is 0.438. The number of piperidine rings is 1. The smallest absolute Gasteiger partial charge is 0.354 e. The van der Waals surface area contributed by atoms with Crippen LogP contribution in [0, 0.1) is 0 Å². The van der Waals surface area contributed by atoms with Gasteiger partial charge in [0.1, 0.15) is 11.5 Å². The number of carbonyl (C=O) groups is 1. The predicted molar refractivity (Wildman–Crippen MR) is 92.8 cm³/mol. The van der Waals surface area contributed by atoms with Gasteiger partial charge in [-0.25, -0.2) is 4.98 Å². The molecule has 10 heteroatoms. The molecule has 1 saturated heterocycles. The summed E-state index contributed by atoms with van der Waals surface area (Å²) in [6, 6.07) is 2.53. The standard InChI is InChI=1S/C16H17BrF3N5O/c1-24-13(4-5-22-24)15(26)23-11-3-2-6-25(9-11)14-12(17)7-10(8-21-14)16(18,19)20/h4-5,7-8,11H,2-3,6,9H2,1H3,(H,23,26). The maximum absolute atomic E-state index is 12.8. The molecular weight excluding hydrogens is 415 g/mol. The average molecular weight is 432 g/mol. The Morgan fingerprint density at radius 2 is 2.19 bits per heavy atom. The Morgan fingerprint density at radius 1 is 1.42 bits per heavy atom. The summed E-state index contributed by atoms with van der Waals surface area (Å²) in [5.74, 6) is 0.216. The molecule has 2 aromatic heterocycles. The average Bonchev–Trinajstić information content (AvgIpc) is 3.00. The van der Waals surface area contributed by atoms with Crippen molar-refractivity contribution in [2.45, 2.75) is 25.1 Å². The number of pyridine rings is 1. The molecule has 1 atom stereocenters. The zero-order valence-corrected chi connectivity index (χ0v) is 15.5. The largest absolute Gasteiger partial charge is 0.417 e.